The molecule has 188 valence electrons. The highest BCUT2D eigenvalue weighted by Crippen LogP contribution is 2.44. The van der Waals surface area contributed by atoms with Crippen LogP contribution in [0.3, 0.4) is 0 Å². The number of carbonyl (C=O) groups is 2. The van der Waals surface area contributed by atoms with Crippen molar-refractivity contribution in [2.75, 3.05) is 18.0 Å². The summed E-state index contributed by atoms with van der Waals surface area (Å²) in [7, 11) is 6.53. The topological polar surface area (TPSA) is 98.2 Å². The molecule has 1 saturated heterocycles. The van der Waals surface area contributed by atoms with E-state index in [9.17, 15) is 14.9 Å². The van der Waals surface area contributed by atoms with E-state index in [-0.39, 0.29) is 11.8 Å². The zero-order chi connectivity index (χ0) is 26.7. The van der Waals surface area contributed by atoms with Crippen LogP contribution in [0.4, 0.5) is 10.5 Å². The first kappa shape index (κ1) is 24.9. The molecule has 2 radical (unpaired) electrons. The lowest BCUT2D eigenvalue weighted by Gasteiger charge is -2.38. The van der Waals surface area contributed by atoms with Gasteiger partial charge in [-0.1, -0.05) is 31.4 Å². The Hall–Kier alpha value is -3.73. The van der Waals surface area contributed by atoms with Gasteiger partial charge in [-0.3, -0.25) is 4.79 Å². The van der Waals surface area contributed by atoms with Crippen molar-refractivity contribution >= 4 is 41.8 Å². The number of carbonyl (C=O) groups excluding carboxylic acids is 2. The Balaban J connectivity index is 1.43. The maximum absolute atomic E-state index is 13.7. The number of aromatic nitrogens is 1. The Bertz CT molecular complexity index is 1470. The molecule has 0 spiro atoms. The van der Waals surface area contributed by atoms with Gasteiger partial charge >= 0.3 is 6.09 Å². The molecular formula is C29H31BN4O3. The number of piperidine rings is 1. The van der Waals surface area contributed by atoms with Gasteiger partial charge in [0.25, 0.3) is 0 Å². The molecule has 37 heavy (non-hydrogen) atoms. The average Bonchev–Trinajstić information content (AvgIpc) is 3.22. The average molecular weight is 494 g/mol. The highest BCUT2D eigenvalue weighted by Gasteiger charge is 2.40. The fourth-order valence-corrected chi connectivity index (χ4v) is 5.56. The Morgan fingerprint density at radius 2 is 1.92 bits per heavy atom. The summed E-state index contributed by atoms with van der Waals surface area (Å²) in [4.78, 5) is 31.5. The zero-order valence-corrected chi connectivity index (χ0v) is 22.0. The summed E-state index contributed by atoms with van der Waals surface area (Å²) < 4.78 is 5.40. The second-order valence-corrected chi connectivity index (χ2v) is 11.6. The largest absolute Gasteiger partial charge is 0.444 e. The first-order chi connectivity index (χ1) is 17.4. The molecule has 2 aliphatic rings. The van der Waals surface area contributed by atoms with Crippen LogP contribution in [0.25, 0.3) is 10.9 Å². The van der Waals surface area contributed by atoms with Crippen molar-refractivity contribution in [3.8, 4) is 6.07 Å². The summed E-state index contributed by atoms with van der Waals surface area (Å²) in [5, 5.41) is 13.1. The molecule has 1 fully saturated rings. The van der Waals surface area contributed by atoms with Gasteiger partial charge < -0.3 is 19.9 Å². The number of fused-ring (bicyclic) bond motifs is 4. The normalized spacial score (nSPS) is 17.2. The van der Waals surface area contributed by atoms with Crippen LogP contribution in [0, 0.1) is 11.3 Å². The fraction of sp³-hybridized carbons (Fsp3) is 0.414. The molecule has 0 atom stereocenters. The molecule has 2 heterocycles. The molecule has 3 aromatic rings. The predicted octanol–water partition coefficient (Wildman–Crippen LogP) is 4.20. The number of hydrogen-bond donors (Lipinski definition) is 2. The third kappa shape index (κ3) is 4.37. The number of amides is 1. The number of nitrogens with one attached hydrogen (secondary N) is 2. The van der Waals surface area contributed by atoms with Gasteiger partial charge in [0.2, 0.25) is 0 Å². The van der Waals surface area contributed by atoms with E-state index in [0.29, 0.717) is 22.2 Å². The number of benzene rings is 2. The SMILES string of the molecule is [B]c1cc2c(cc1N1CCC(NC(=O)OC(C)(C)C)CC1)C(C)(C)c1[nH]c3cc(C#N)ccc3c1C2=O. The summed E-state index contributed by atoms with van der Waals surface area (Å²) in [5.74, 6) is -0.0567. The summed E-state index contributed by atoms with van der Waals surface area (Å²) in [6, 6.07) is 11.4. The number of hydrogen-bond acceptors (Lipinski definition) is 5. The van der Waals surface area contributed by atoms with Crippen LogP contribution in [-0.2, 0) is 10.2 Å². The lowest BCUT2D eigenvalue weighted by atomic mass is 9.69. The van der Waals surface area contributed by atoms with Crippen LogP contribution < -0.4 is 15.7 Å². The van der Waals surface area contributed by atoms with Gasteiger partial charge in [0.1, 0.15) is 13.4 Å². The minimum Gasteiger partial charge on any atom is -0.444 e. The molecule has 8 heteroatoms. The molecule has 7 nitrogen and oxygen atoms in total. The lowest BCUT2D eigenvalue weighted by molar-refractivity contribution is 0.0497. The standard InChI is InChI=1S/C29H31BN4O3/c1-28(2,3)37-27(36)32-17-8-10-34(11-9-17)23-14-20-19(13-21(23)30)25(35)24-18-7-6-16(15-31)12-22(18)33-26(24)29(20,4)5/h6-7,12-14,17,33H,8-11H2,1-5H3,(H,32,36). The van der Waals surface area contributed by atoms with Crippen molar-refractivity contribution < 1.29 is 14.3 Å². The van der Waals surface area contributed by atoms with Gasteiger partial charge in [-0.15, -0.1) is 0 Å². The number of nitriles is 1. The minimum atomic E-state index is -0.532. The first-order valence-electron chi connectivity index (χ1n) is 12.7. The third-order valence-corrected chi connectivity index (χ3v) is 7.42. The van der Waals surface area contributed by atoms with Crippen LogP contribution in [0.5, 0.6) is 0 Å². The van der Waals surface area contributed by atoms with E-state index in [2.05, 4.69) is 41.2 Å². The summed E-state index contributed by atoms with van der Waals surface area (Å²) in [6.45, 7) is 11.2. The van der Waals surface area contributed by atoms with Crippen LogP contribution in [0.1, 0.15) is 80.2 Å². The van der Waals surface area contributed by atoms with Gasteiger partial charge in [-0.25, -0.2) is 4.79 Å². The minimum absolute atomic E-state index is 0.0372. The zero-order valence-electron chi connectivity index (χ0n) is 22.0. The van der Waals surface area contributed by atoms with E-state index < -0.39 is 17.1 Å². The van der Waals surface area contributed by atoms with Crippen molar-refractivity contribution in [1.82, 2.24) is 10.3 Å². The molecule has 1 aliphatic heterocycles. The summed E-state index contributed by atoms with van der Waals surface area (Å²) in [6.07, 6.45) is 1.15. The predicted molar refractivity (Wildman–Crippen MR) is 145 cm³/mol. The number of alkyl carbamates (subject to hydrolysis) is 1. The highest BCUT2D eigenvalue weighted by atomic mass is 16.6. The Morgan fingerprint density at radius 3 is 2.57 bits per heavy atom. The van der Waals surface area contributed by atoms with Crippen LogP contribution in [0.15, 0.2) is 30.3 Å². The van der Waals surface area contributed by atoms with Crippen molar-refractivity contribution in [1.29, 1.82) is 5.26 Å². The molecule has 2 aromatic carbocycles. The molecule has 1 aromatic heterocycles. The summed E-state index contributed by atoms with van der Waals surface area (Å²) >= 11 is 0. The van der Waals surface area contributed by atoms with E-state index in [1.807, 2.05) is 32.9 Å². The van der Waals surface area contributed by atoms with E-state index in [1.54, 1.807) is 12.1 Å². The van der Waals surface area contributed by atoms with Crippen molar-refractivity contribution in [2.45, 2.75) is 64.5 Å². The van der Waals surface area contributed by atoms with Crippen LogP contribution in [-0.4, -0.2) is 49.4 Å². The maximum atomic E-state index is 13.7. The van der Waals surface area contributed by atoms with Gasteiger partial charge in [0.15, 0.2) is 5.78 Å². The van der Waals surface area contributed by atoms with Crippen molar-refractivity contribution in [3.05, 3.63) is 58.3 Å². The molecule has 2 N–H and O–H groups in total. The molecular weight excluding hydrogens is 463 g/mol. The summed E-state index contributed by atoms with van der Waals surface area (Å²) in [5.41, 5.74) is 4.85. The second-order valence-electron chi connectivity index (χ2n) is 11.6. The van der Waals surface area contributed by atoms with E-state index in [4.69, 9.17) is 12.6 Å². The van der Waals surface area contributed by atoms with Gasteiger partial charge in [-0.05, 0) is 57.4 Å². The smallest absolute Gasteiger partial charge is 0.407 e. The number of H-pyrrole nitrogens is 1. The Labute approximate surface area is 218 Å². The van der Waals surface area contributed by atoms with Crippen molar-refractivity contribution in [3.63, 3.8) is 0 Å². The van der Waals surface area contributed by atoms with Gasteiger partial charge in [0, 0.05) is 52.4 Å². The van der Waals surface area contributed by atoms with Crippen molar-refractivity contribution in [2.24, 2.45) is 0 Å². The number of nitrogens with zero attached hydrogens (tertiary/aromatic N) is 2. The van der Waals surface area contributed by atoms with Crippen LogP contribution >= 0.6 is 0 Å². The second kappa shape index (κ2) is 8.69. The maximum Gasteiger partial charge on any atom is 0.407 e. The lowest BCUT2D eigenvalue weighted by Crippen LogP contribution is -2.47. The monoisotopic (exact) mass is 494 g/mol. The number of rotatable bonds is 2. The molecule has 5 rings (SSSR count). The third-order valence-electron chi connectivity index (χ3n) is 7.42. The molecule has 0 unspecified atom stereocenters. The molecule has 1 aliphatic carbocycles. The molecule has 1 amide bonds. The molecule has 0 saturated carbocycles. The molecule has 0 bridgehead atoms. The van der Waals surface area contributed by atoms with E-state index in [0.717, 1.165) is 53.8 Å². The fourth-order valence-electron chi connectivity index (χ4n) is 5.56. The number of aromatic amines is 1. The van der Waals surface area contributed by atoms with E-state index >= 15 is 0 Å². The number of anilines is 1. The quantitative estimate of drug-likeness (QED) is 0.521. The Morgan fingerprint density at radius 1 is 1.22 bits per heavy atom. The van der Waals surface area contributed by atoms with Gasteiger partial charge in [-0.2, -0.15) is 5.26 Å². The number of ether oxygens (including phenoxy) is 1. The van der Waals surface area contributed by atoms with Gasteiger partial charge in [0.05, 0.1) is 17.2 Å². The van der Waals surface area contributed by atoms with Crippen LogP contribution in [0.2, 0.25) is 0 Å². The first-order valence-corrected chi connectivity index (χ1v) is 12.7. The number of ketones is 1. The van der Waals surface area contributed by atoms with E-state index in [1.165, 1.54) is 0 Å². The highest BCUT2D eigenvalue weighted by molar-refractivity contribution is 6.37. The Kier molecular flexibility index (Phi) is 5.86.